The van der Waals surface area contributed by atoms with Crippen LogP contribution in [0.2, 0.25) is 5.02 Å². The number of ether oxygens (including phenoxy) is 1. The van der Waals surface area contributed by atoms with Crippen molar-refractivity contribution < 1.29 is 4.74 Å². The van der Waals surface area contributed by atoms with E-state index in [4.69, 9.17) is 16.3 Å². The second kappa shape index (κ2) is 7.49. The summed E-state index contributed by atoms with van der Waals surface area (Å²) >= 11 is 5.92. The predicted octanol–water partition coefficient (Wildman–Crippen LogP) is 3.34. The summed E-state index contributed by atoms with van der Waals surface area (Å²) in [6.45, 7) is 8.73. The minimum atomic E-state index is 0.208. The van der Waals surface area contributed by atoms with E-state index in [0.29, 0.717) is 29.5 Å². The molecule has 3 rings (SSSR count). The van der Waals surface area contributed by atoms with E-state index in [1.807, 2.05) is 10.9 Å². The Kier molecular flexibility index (Phi) is 5.36. The van der Waals surface area contributed by atoms with Crippen LogP contribution < -0.4 is 4.90 Å². The molecule has 2 unspecified atom stereocenters. The maximum Gasteiger partial charge on any atom is 0.225 e. The Morgan fingerprint density at radius 1 is 1.33 bits per heavy atom. The highest BCUT2D eigenvalue weighted by molar-refractivity contribution is 6.30. The van der Waals surface area contributed by atoms with Crippen LogP contribution in [0.1, 0.15) is 38.8 Å². The first-order valence-corrected chi connectivity index (χ1v) is 8.76. The van der Waals surface area contributed by atoms with Crippen molar-refractivity contribution in [3.05, 3.63) is 35.4 Å². The van der Waals surface area contributed by atoms with Gasteiger partial charge < -0.3 is 9.64 Å². The molecule has 0 aromatic carbocycles. The van der Waals surface area contributed by atoms with Gasteiger partial charge in [-0.25, -0.2) is 9.97 Å². The number of hydrogen-bond donors (Lipinski definition) is 0. The molecule has 130 valence electrons. The first-order chi connectivity index (χ1) is 11.5. The van der Waals surface area contributed by atoms with E-state index in [1.165, 1.54) is 0 Å². The lowest BCUT2D eigenvalue weighted by molar-refractivity contribution is 0.111. The number of anilines is 1. The molecule has 0 spiro atoms. The maximum atomic E-state index is 5.92. The third kappa shape index (κ3) is 4.24. The van der Waals surface area contributed by atoms with Gasteiger partial charge in [0.05, 0.1) is 29.7 Å². The number of rotatable bonds is 6. The van der Waals surface area contributed by atoms with Crippen molar-refractivity contribution in [2.75, 3.05) is 18.1 Å². The number of halogens is 1. The van der Waals surface area contributed by atoms with Crippen LogP contribution in [-0.4, -0.2) is 39.0 Å². The summed E-state index contributed by atoms with van der Waals surface area (Å²) in [5, 5.41) is 4.96. The molecule has 0 bridgehead atoms. The lowest BCUT2D eigenvalue weighted by atomic mass is 10.1. The first-order valence-electron chi connectivity index (χ1n) is 8.38. The van der Waals surface area contributed by atoms with Gasteiger partial charge in [0.1, 0.15) is 0 Å². The second-order valence-electron chi connectivity index (χ2n) is 6.80. The van der Waals surface area contributed by atoms with Crippen LogP contribution >= 0.6 is 11.6 Å². The molecule has 1 saturated heterocycles. The molecule has 0 N–H and O–H groups in total. The summed E-state index contributed by atoms with van der Waals surface area (Å²) in [6.07, 6.45) is 8.51. The lowest BCUT2D eigenvalue weighted by Crippen LogP contribution is -2.33. The topological polar surface area (TPSA) is 56.1 Å². The van der Waals surface area contributed by atoms with Crippen molar-refractivity contribution >= 4 is 17.5 Å². The summed E-state index contributed by atoms with van der Waals surface area (Å²) in [5.74, 6) is 1.27. The molecule has 7 heteroatoms. The van der Waals surface area contributed by atoms with Gasteiger partial charge in [0.15, 0.2) is 0 Å². The van der Waals surface area contributed by atoms with Crippen LogP contribution in [0.4, 0.5) is 5.95 Å². The molecule has 3 heterocycles. The van der Waals surface area contributed by atoms with E-state index in [-0.39, 0.29) is 6.10 Å². The largest absolute Gasteiger partial charge is 0.376 e. The first kappa shape index (κ1) is 17.2. The molecular weight excluding hydrogens is 326 g/mol. The normalized spacial score (nSPS) is 20.7. The molecular formula is C17H24ClN5O. The van der Waals surface area contributed by atoms with Crippen LogP contribution in [0.5, 0.6) is 0 Å². The van der Waals surface area contributed by atoms with Gasteiger partial charge in [-0.2, -0.15) is 5.10 Å². The third-order valence-corrected chi connectivity index (χ3v) is 4.35. The van der Waals surface area contributed by atoms with Crippen LogP contribution in [0, 0.1) is 5.92 Å². The second-order valence-corrected chi connectivity index (χ2v) is 7.24. The lowest BCUT2D eigenvalue weighted by Gasteiger charge is -2.25. The van der Waals surface area contributed by atoms with E-state index in [1.54, 1.807) is 12.4 Å². The van der Waals surface area contributed by atoms with Crippen molar-refractivity contribution in [3.63, 3.8) is 0 Å². The summed E-state index contributed by atoms with van der Waals surface area (Å²) in [5.41, 5.74) is 1.13. The predicted molar refractivity (Wildman–Crippen MR) is 94.2 cm³/mol. The molecule has 0 amide bonds. The Bertz CT molecular complexity index is 657. The minimum absolute atomic E-state index is 0.208. The van der Waals surface area contributed by atoms with Gasteiger partial charge in [-0.05, 0) is 26.2 Å². The van der Waals surface area contributed by atoms with Gasteiger partial charge in [-0.1, -0.05) is 18.5 Å². The van der Waals surface area contributed by atoms with Gasteiger partial charge in [0.25, 0.3) is 0 Å². The minimum Gasteiger partial charge on any atom is -0.376 e. The molecule has 0 saturated carbocycles. The Balaban J connectivity index is 1.76. The van der Waals surface area contributed by atoms with Gasteiger partial charge in [-0.15, -0.1) is 0 Å². The molecule has 0 aliphatic carbocycles. The number of hydrogen-bond acceptors (Lipinski definition) is 5. The van der Waals surface area contributed by atoms with Crippen LogP contribution in [0.3, 0.4) is 0 Å². The molecule has 2 atom stereocenters. The molecule has 2 aromatic heterocycles. The zero-order valence-electron chi connectivity index (χ0n) is 14.4. The zero-order chi connectivity index (χ0) is 17.1. The average Bonchev–Trinajstić information content (AvgIpc) is 3.17. The van der Waals surface area contributed by atoms with Crippen molar-refractivity contribution in [1.29, 1.82) is 0 Å². The monoisotopic (exact) mass is 349 g/mol. The molecule has 1 fully saturated rings. The highest BCUT2D eigenvalue weighted by Crippen LogP contribution is 2.22. The third-order valence-electron chi connectivity index (χ3n) is 4.15. The van der Waals surface area contributed by atoms with Gasteiger partial charge >= 0.3 is 0 Å². The van der Waals surface area contributed by atoms with E-state index in [9.17, 15) is 0 Å². The average molecular weight is 350 g/mol. The Morgan fingerprint density at radius 3 is 2.67 bits per heavy atom. The van der Waals surface area contributed by atoms with E-state index in [2.05, 4.69) is 46.9 Å². The van der Waals surface area contributed by atoms with Crippen LogP contribution in [0.25, 0.3) is 0 Å². The van der Waals surface area contributed by atoms with Crippen LogP contribution in [0.15, 0.2) is 24.8 Å². The Hall–Kier alpha value is -1.66. The maximum absolute atomic E-state index is 5.92. The smallest absolute Gasteiger partial charge is 0.225 e. The quantitative estimate of drug-likeness (QED) is 0.800. The summed E-state index contributed by atoms with van der Waals surface area (Å²) in [4.78, 5) is 10.9. The Morgan fingerprint density at radius 2 is 2.08 bits per heavy atom. The van der Waals surface area contributed by atoms with Crippen molar-refractivity contribution in [3.8, 4) is 0 Å². The summed E-state index contributed by atoms with van der Waals surface area (Å²) in [7, 11) is 0. The fourth-order valence-corrected chi connectivity index (χ4v) is 3.00. The molecule has 24 heavy (non-hydrogen) atoms. The van der Waals surface area contributed by atoms with Crippen molar-refractivity contribution in [2.24, 2.45) is 5.92 Å². The highest BCUT2D eigenvalue weighted by Gasteiger charge is 2.25. The van der Waals surface area contributed by atoms with E-state index in [0.717, 1.165) is 25.1 Å². The SMILES string of the molecule is CC1COC(CN(Cc2cnn(C(C)C)c2)c2ncc(Cl)cn2)C1. The molecule has 2 aromatic rings. The fraction of sp³-hybridized carbons (Fsp3) is 0.588. The summed E-state index contributed by atoms with van der Waals surface area (Å²) < 4.78 is 7.84. The standard InChI is InChI=1S/C17H24ClN5O/c1-12(2)23-9-14(5-21-23)8-22(10-16-4-13(3)11-24-16)17-19-6-15(18)7-20-17/h5-7,9,12-13,16H,4,8,10-11H2,1-3H3. The Labute approximate surface area is 147 Å². The van der Waals surface area contributed by atoms with Crippen molar-refractivity contribution in [1.82, 2.24) is 19.7 Å². The van der Waals surface area contributed by atoms with Crippen LogP contribution in [-0.2, 0) is 11.3 Å². The van der Waals surface area contributed by atoms with Crippen molar-refractivity contribution in [2.45, 2.75) is 45.9 Å². The molecule has 6 nitrogen and oxygen atoms in total. The fourth-order valence-electron chi connectivity index (χ4n) is 2.91. The zero-order valence-corrected chi connectivity index (χ0v) is 15.1. The van der Waals surface area contributed by atoms with Gasteiger partial charge in [0.2, 0.25) is 5.95 Å². The molecule has 1 aliphatic rings. The highest BCUT2D eigenvalue weighted by atomic mass is 35.5. The molecule has 1 aliphatic heterocycles. The number of aromatic nitrogens is 4. The number of nitrogens with zero attached hydrogens (tertiary/aromatic N) is 5. The van der Waals surface area contributed by atoms with E-state index >= 15 is 0 Å². The summed E-state index contributed by atoms with van der Waals surface area (Å²) in [6, 6.07) is 0.345. The molecule has 0 radical (unpaired) electrons. The van der Waals surface area contributed by atoms with E-state index < -0.39 is 0 Å². The van der Waals surface area contributed by atoms with Gasteiger partial charge in [-0.3, -0.25) is 4.68 Å². The van der Waals surface area contributed by atoms with Gasteiger partial charge in [0, 0.05) is 37.5 Å².